The molecule has 0 aliphatic carbocycles. The van der Waals surface area contributed by atoms with Gasteiger partial charge in [0.25, 0.3) is 0 Å². The number of alkyl halides is 3. The lowest BCUT2D eigenvalue weighted by Gasteiger charge is -2.30. The van der Waals surface area contributed by atoms with E-state index in [1.807, 2.05) is 6.92 Å². The predicted molar refractivity (Wildman–Crippen MR) is 76.5 cm³/mol. The molecule has 0 bridgehead atoms. The van der Waals surface area contributed by atoms with Crippen LogP contribution in [0.15, 0.2) is 12.4 Å². The van der Waals surface area contributed by atoms with Gasteiger partial charge in [0.1, 0.15) is 5.82 Å². The van der Waals surface area contributed by atoms with Crippen molar-refractivity contribution >= 4 is 6.03 Å². The van der Waals surface area contributed by atoms with Crippen molar-refractivity contribution in [1.29, 1.82) is 0 Å². The Labute approximate surface area is 132 Å². The number of aromatic nitrogens is 2. The van der Waals surface area contributed by atoms with Gasteiger partial charge in [-0.1, -0.05) is 6.92 Å². The fourth-order valence-corrected chi connectivity index (χ4v) is 2.73. The third-order valence-corrected chi connectivity index (χ3v) is 4.13. The van der Waals surface area contributed by atoms with E-state index >= 15 is 0 Å². The summed E-state index contributed by atoms with van der Waals surface area (Å²) in [6, 6.07) is -0.404. The molecule has 2 N–H and O–H groups in total. The molecule has 0 saturated carbocycles. The monoisotopic (exact) mass is 334 g/mol. The second-order valence-corrected chi connectivity index (χ2v) is 6.04. The number of carbonyl (C=O) groups is 1. The number of amides is 2. The predicted octanol–water partition coefficient (Wildman–Crippen LogP) is 1.61. The van der Waals surface area contributed by atoms with E-state index < -0.39 is 30.1 Å². The molecule has 9 heteroatoms. The van der Waals surface area contributed by atoms with Crippen molar-refractivity contribution in [2.75, 3.05) is 19.6 Å². The molecular weight excluding hydrogens is 313 g/mol. The van der Waals surface area contributed by atoms with Gasteiger partial charge < -0.3 is 19.9 Å². The maximum Gasteiger partial charge on any atom is 0.424 e. The van der Waals surface area contributed by atoms with E-state index in [0.717, 1.165) is 11.0 Å². The van der Waals surface area contributed by atoms with Gasteiger partial charge in [-0.15, -0.1) is 0 Å². The van der Waals surface area contributed by atoms with Crippen LogP contribution in [-0.2, 0) is 12.6 Å². The number of aryl methyl sites for hydroxylation is 1. The molecule has 1 saturated heterocycles. The second kappa shape index (κ2) is 6.38. The fraction of sp³-hybridized carbons (Fsp3) is 0.714. The Kier molecular flexibility index (Phi) is 4.88. The first-order valence-corrected chi connectivity index (χ1v) is 7.45. The number of imidazole rings is 1. The van der Waals surface area contributed by atoms with E-state index in [4.69, 9.17) is 0 Å². The van der Waals surface area contributed by atoms with Gasteiger partial charge in [0.15, 0.2) is 0 Å². The largest absolute Gasteiger partial charge is 0.424 e. The number of hydrogen-bond acceptors (Lipinski definition) is 3. The molecule has 0 radical (unpaired) electrons. The minimum atomic E-state index is -4.89. The van der Waals surface area contributed by atoms with E-state index in [1.54, 1.807) is 4.90 Å². The number of urea groups is 1. The van der Waals surface area contributed by atoms with Crippen LogP contribution in [0.5, 0.6) is 0 Å². The lowest BCUT2D eigenvalue weighted by molar-refractivity contribution is -0.272. The lowest BCUT2D eigenvalue weighted by atomic mass is 9.97. The average molecular weight is 334 g/mol. The SMILES string of the molecule is CC1CCN(C(=O)NCCC(O)(c2nccn2C)C(F)(F)F)C1. The molecule has 130 valence electrons. The van der Waals surface area contributed by atoms with Gasteiger partial charge in [-0.25, -0.2) is 9.78 Å². The number of carbonyl (C=O) groups excluding carboxylic acids is 1. The summed E-state index contributed by atoms with van der Waals surface area (Å²) in [4.78, 5) is 17.1. The van der Waals surface area contributed by atoms with E-state index in [2.05, 4.69) is 10.3 Å². The Morgan fingerprint density at radius 3 is 2.70 bits per heavy atom. The number of hydrogen-bond donors (Lipinski definition) is 2. The van der Waals surface area contributed by atoms with Crippen LogP contribution in [0.25, 0.3) is 0 Å². The standard InChI is InChI=1S/C14H21F3N4O2/c1-10-3-7-21(9-10)12(22)19-5-4-13(23,14(15,16)17)11-18-6-8-20(11)2/h6,8,10,23H,3-5,7,9H2,1-2H3,(H,19,22). The summed E-state index contributed by atoms with van der Waals surface area (Å²) in [5.74, 6) is -0.102. The number of nitrogens with zero attached hydrogens (tertiary/aromatic N) is 3. The van der Waals surface area contributed by atoms with E-state index in [9.17, 15) is 23.1 Å². The van der Waals surface area contributed by atoms with Crippen LogP contribution in [0.1, 0.15) is 25.6 Å². The highest BCUT2D eigenvalue weighted by Gasteiger charge is 2.57. The molecule has 6 nitrogen and oxygen atoms in total. The first-order chi connectivity index (χ1) is 10.6. The number of rotatable bonds is 4. The molecule has 2 heterocycles. The molecule has 1 aliphatic heterocycles. The summed E-state index contributed by atoms with van der Waals surface area (Å²) in [5, 5.41) is 12.6. The molecule has 2 atom stereocenters. The molecule has 23 heavy (non-hydrogen) atoms. The van der Waals surface area contributed by atoms with Crippen molar-refractivity contribution in [2.45, 2.75) is 31.5 Å². The minimum absolute atomic E-state index is 0.299. The van der Waals surface area contributed by atoms with Crippen LogP contribution in [-0.4, -0.2) is 51.4 Å². The highest BCUT2D eigenvalue weighted by atomic mass is 19.4. The summed E-state index contributed by atoms with van der Waals surface area (Å²) in [6.45, 7) is 2.90. The molecule has 1 aliphatic rings. The lowest BCUT2D eigenvalue weighted by Crippen LogP contribution is -2.48. The molecule has 2 unspecified atom stereocenters. The van der Waals surface area contributed by atoms with E-state index in [0.29, 0.717) is 19.0 Å². The van der Waals surface area contributed by atoms with Crippen LogP contribution in [0.2, 0.25) is 0 Å². The Balaban J connectivity index is 2.00. The van der Waals surface area contributed by atoms with Gasteiger partial charge in [-0.3, -0.25) is 0 Å². The molecule has 1 aromatic heterocycles. The van der Waals surface area contributed by atoms with Crippen LogP contribution in [0, 0.1) is 5.92 Å². The van der Waals surface area contributed by atoms with Gasteiger partial charge in [-0.2, -0.15) is 13.2 Å². The zero-order valence-electron chi connectivity index (χ0n) is 13.1. The highest BCUT2D eigenvalue weighted by molar-refractivity contribution is 5.74. The van der Waals surface area contributed by atoms with Crippen molar-refractivity contribution in [3.63, 3.8) is 0 Å². The number of likely N-dealkylation sites (tertiary alicyclic amines) is 1. The maximum atomic E-state index is 13.3. The smallest absolute Gasteiger partial charge is 0.374 e. The molecule has 2 rings (SSSR count). The van der Waals surface area contributed by atoms with Crippen LogP contribution in [0.3, 0.4) is 0 Å². The molecule has 0 spiro atoms. The van der Waals surface area contributed by atoms with E-state index in [-0.39, 0.29) is 6.54 Å². The fourth-order valence-electron chi connectivity index (χ4n) is 2.73. The van der Waals surface area contributed by atoms with Gasteiger partial charge in [0.05, 0.1) is 0 Å². The number of aliphatic hydroxyl groups is 1. The number of halogens is 3. The third kappa shape index (κ3) is 3.60. The molecule has 1 fully saturated rings. The van der Waals surface area contributed by atoms with Crippen molar-refractivity contribution in [1.82, 2.24) is 19.8 Å². The summed E-state index contributed by atoms with van der Waals surface area (Å²) in [7, 11) is 1.38. The average Bonchev–Trinajstić information content (AvgIpc) is 3.06. The first kappa shape index (κ1) is 17.6. The van der Waals surface area contributed by atoms with Crippen LogP contribution in [0.4, 0.5) is 18.0 Å². The molecule has 2 amide bonds. The highest BCUT2D eigenvalue weighted by Crippen LogP contribution is 2.40. The summed E-state index contributed by atoms with van der Waals surface area (Å²) >= 11 is 0. The molecule has 1 aromatic rings. The van der Waals surface area contributed by atoms with Crippen LogP contribution >= 0.6 is 0 Å². The minimum Gasteiger partial charge on any atom is -0.374 e. The number of nitrogens with one attached hydrogen (secondary N) is 1. The molecular formula is C14H21F3N4O2. The molecule has 0 aromatic carbocycles. The van der Waals surface area contributed by atoms with Crippen molar-refractivity contribution < 1.29 is 23.1 Å². The maximum absolute atomic E-state index is 13.3. The van der Waals surface area contributed by atoms with Crippen molar-refractivity contribution in [2.24, 2.45) is 13.0 Å². The van der Waals surface area contributed by atoms with Crippen molar-refractivity contribution in [3.05, 3.63) is 18.2 Å². The summed E-state index contributed by atoms with van der Waals surface area (Å²) < 4.78 is 41.0. The second-order valence-electron chi connectivity index (χ2n) is 6.04. The topological polar surface area (TPSA) is 70.4 Å². The van der Waals surface area contributed by atoms with E-state index in [1.165, 1.54) is 19.4 Å². The normalized spacial score (nSPS) is 21.3. The van der Waals surface area contributed by atoms with Crippen molar-refractivity contribution in [3.8, 4) is 0 Å². The Bertz CT molecular complexity index is 560. The third-order valence-electron chi connectivity index (χ3n) is 4.13. The summed E-state index contributed by atoms with van der Waals surface area (Å²) in [5.41, 5.74) is -3.10. The Morgan fingerprint density at radius 1 is 1.52 bits per heavy atom. The summed E-state index contributed by atoms with van der Waals surface area (Å²) in [6.07, 6.45) is -2.19. The Morgan fingerprint density at radius 2 is 2.22 bits per heavy atom. The van der Waals surface area contributed by atoms with Gasteiger partial charge >= 0.3 is 12.2 Å². The zero-order chi connectivity index (χ0) is 17.3. The Hall–Kier alpha value is -1.77. The van der Waals surface area contributed by atoms with Gasteiger partial charge in [0, 0.05) is 45.5 Å². The van der Waals surface area contributed by atoms with Gasteiger partial charge in [0.2, 0.25) is 5.60 Å². The van der Waals surface area contributed by atoms with Crippen LogP contribution < -0.4 is 5.32 Å². The van der Waals surface area contributed by atoms with Gasteiger partial charge in [-0.05, 0) is 12.3 Å². The first-order valence-electron chi connectivity index (χ1n) is 7.45. The quantitative estimate of drug-likeness (QED) is 0.879. The zero-order valence-corrected chi connectivity index (χ0v) is 13.1.